The number of aliphatic hydroxyl groups is 1. The molecule has 1 aromatic heterocycles. The van der Waals surface area contributed by atoms with E-state index >= 15 is 0 Å². The number of carbonyl (C=O) groups is 1. The van der Waals surface area contributed by atoms with Crippen molar-refractivity contribution in [2.24, 2.45) is 0 Å². The molecule has 1 fully saturated rings. The molecule has 1 unspecified atom stereocenters. The lowest BCUT2D eigenvalue weighted by molar-refractivity contribution is -0.0564. The van der Waals surface area contributed by atoms with Gasteiger partial charge in [-0.3, -0.25) is 9.69 Å². The average molecular weight is 225 g/mol. The third kappa shape index (κ3) is 2.69. The summed E-state index contributed by atoms with van der Waals surface area (Å²) in [5.74, 6) is 1.11. The van der Waals surface area contributed by atoms with E-state index in [1.807, 2.05) is 0 Å². The standard InChI is InChI=1S/C11H15NO4/c13-7-10-2-1-9(16-10)5-12-3-4-15-11(6-12)8-14/h1-2,7,11,14H,3-6,8H2. The highest BCUT2D eigenvalue weighted by molar-refractivity contribution is 5.70. The lowest BCUT2D eigenvalue weighted by Gasteiger charge is -2.31. The Morgan fingerprint density at radius 3 is 3.12 bits per heavy atom. The minimum absolute atomic E-state index is 0.0360. The Balaban J connectivity index is 1.91. The maximum Gasteiger partial charge on any atom is 0.185 e. The molecule has 0 bridgehead atoms. The molecule has 2 rings (SSSR count). The highest BCUT2D eigenvalue weighted by Crippen LogP contribution is 2.12. The molecule has 1 aliphatic heterocycles. The van der Waals surface area contributed by atoms with Crippen LogP contribution in [0.15, 0.2) is 16.5 Å². The smallest absolute Gasteiger partial charge is 0.185 e. The molecule has 0 aliphatic carbocycles. The van der Waals surface area contributed by atoms with E-state index in [9.17, 15) is 4.79 Å². The summed E-state index contributed by atoms with van der Waals surface area (Å²) >= 11 is 0. The number of carbonyl (C=O) groups excluding carboxylic acids is 1. The summed E-state index contributed by atoms with van der Waals surface area (Å²) in [6.07, 6.45) is 0.577. The van der Waals surface area contributed by atoms with Gasteiger partial charge in [0.1, 0.15) is 5.76 Å². The van der Waals surface area contributed by atoms with Crippen molar-refractivity contribution in [3.63, 3.8) is 0 Å². The minimum Gasteiger partial charge on any atom is -0.457 e. The fourth-order valence-electron chi connectivity index (χ4n) is 1.80. The van der Waals surface area contributed by atoms with Crippen molar-refractivity contribution >= 4 is 6.29 Å². The van der Waals surface area contributed by atoms with Crippen molar-refractivity contribution in [3.8, 4) is 0 Å². The van der Waals surface area contributed by atoms with Gasteiger partial charge in [-0.2, -0.15) is 0 Å². The van der Waals surface area contributed by atoms with Gasteiger partial charge in [0.05, 0.1) is 25.9 Å². The maximum atomic E-state index is 10.4. The van der Waals surface area contributed by atoms with Gasteiger partial charge in [-0.25, -0.2) is 0 Å². The molecule has 2 heterocycles. The van der Waals surface area contributed by atoms with Crippen molar-refractivity contribution in [3.05, 3.63) is 23.7 Å². The number of hydrogen-bond acceptors (Lipinski definition) is 5. The SMILES string of the molecule is O=Cc1ccc(CN2CCOC(CO)C2)o1. The summed E-state index contributed by atoms with van der Waals surface area (Å²) in [4.78, 5) is 12.6. The molecule has 0 amide bonds. The monoisotopic (exact) mass is 225 g/mol. The van der Waals surface area contributed by atoms with Crippen LogP contribution in [-0.2, 0) is 11.3 Å². The Hall–Kier alpha value is -1.17. The predicted octanol–water partition coefficient (Wildman–Crippen LogP) is 0.285. The summed E-state index contributed by atoms with van der Waals surface area (Å²) in [5, 5.41) is 9.00. The second-order valence-electron chi connectivity index (χ2n) is 3.83. The summed E-state index contributed by atoms with van der Waals surface area (Å²) in [6.45, 7) is 2.80. The van der Waals surface area contributed by atoms with E-state index < -0.39 is 0 Å². The molecule has 0 spiro atoms. The second kappa shape index (κ2) is 5.25. The first-order chi connectivity index (χ1) is 7.81. The number of aldehydes is 1. The van der Waals surface area contributed by atoms with Crippen molar-refractivity contribution in [2.75, 3.05) is 26.3 Å². The average Bonchev–Trinajstić information content (AvgIpc) is 2.77. The van der Waals surface area contributed by atoms with E-state index in [0.717, 1.165) is 12.3 Å². The van der Waals surface area contributed by atoms with Crippen LogP contribution in [-0.4, -0.2) is 48.7 Å². The van der Waals surface area contributed by atoms with Gasteiger partial charge in [-0.05, 0) is 12.1 Å². The van der Waals surface area contributed by atoms with E-state index in [1.165, 1.54) is 0 Å². The largest absolute Gasteiger partial charge is 0.457 e. The van der Waals surface area contributed by atoms with Gasteiger partial charge in [-0.15, -0.1) is 0 Å². The number of nitrogens with zero attached hydrogens (tertiary/aromatic N) is 1. The van der Waals surface area contributed by atoms with E-state index in [4.69, 9.17) is 14.3 Å². The molecule has 0 saturated carbocycles. The first-order valence-corrected chi connectivity index (χ1v) is 5.30. The van der Waals surface area contributed by atoms with E-state index in [-0.39, 0.29) is 12.7 Å². The van der Waals surface area contributed by atoms with Gasteiger partial charge in [0.25, 0.3) is 0 Å². The molecule has 16 heavy (non-hydrogen) atoms. The summed E-state index contributed by atoms with van der Waals surface area (Å²) in [6, 6.07) is 3.46. The van der Waals surface area contributed by atoms with E-state index in [1.54, 1.807) is 12.1 Å². The molecule has 5 heteroatoms. The maximum absolute atomic E-state index is 10.4. The third-order valence-electron chi connectivity index (χ3n) is 2.60. The molecule has 1 aromatic rings. The lowest BCUT2D eigenvalue weighted by Crippen LogP contribution is -2.43. The van der Waals surface area contributed by atoms with Gasteiger partial charge >= 0.3 is 0 Å². The van der Waals surface area contributed by atoms with Crippen LogP contribution in [0.5, 0.6) is 0 Å². The number of morpholine rings is 1. The molecule has 1 aliphatic rings. The molecule has 1 atom stereocenters. The van der Waals surface area contributed by atoms with Gasteiger partial charge < -0.3 is 14.3 Å². The van der Waals surface area contributed by atoms with Crippen molar-refractivity contribution in [1.82, 2.24) is 4.90 Å². The zero-order chi connectivity index (χ0) is 11.4. The topological polar surface area (TPSA) is 62.9 Å². The van der Waals surface area contributed by atoms with E-state index in [0.29, 0.717) is 31.7 Å². The summed E-state index contributed by atoms with van der Waals surface area (Å²) in [5.41, 5.74) is 0. The molecule has 88 valence electrons. The van der Waals surface area contributed by atoms with Crippen LogP contribution >= 0.6 is 0 Å². The first-order valence-electron chi connectivity index (χ1n) is 5.30. The van der Waals surface area contributed by atoms with Crippen molar-refractivity contribution < 1.29 is 19.1 Å². The fourth-order valence-corrected chi connectivity index (χ4v) is 1.80. The van der Waals surface area contributed by atoms with Crippen LogP contribution in [0.2, 0.25) is 0 Å². The number of aliphatic hydroxyl groups excluding tert-OH is 1. The first kappa shape index (κ1) is 11.3. The Morgan fingerprint density at radius 1 is 1.56 bits per heavy atom. The van der Waals surface area contributed by atoms with Crippen LogP contribution in [0.4, 0.5) is 0 Å². The molecular weight excluding hydrogens is 210 g/mol. The van der Waals surface area contributed by atoms with Crippen LogP contribution in [0.3, 0.4) is 0 Å². The molecule has 0 aromatic carbocycles. The van der Waals surface area contributed by atoms with Crippen LogP contribution in [0.25, 0.3) is 0 Å². The highest BCUT2D eigenvalue weighted by Gasteiger charge is 2.20. The van der Waals surface area contributed by atoms with Crippen LogP contribution < -0.4 is 0 Å². The second-order valence-corrected chi connectivity index (χ2v) is 3.83. The highest BCUT2D eigenvalue weighted by atomic mass is 16.5. The number of ether oxygens (including phenoxy) is 1. The molecule has 1 N–H and O–H groups in total. The molecule has 0 radical (unpaired) electrons. The van der Waals surface area contributed by atoms with Crippen LogP contribution in [0.1, 0.15) is 16.3 Å². The van der Waals surface area contributed by atoms with Crippen molar-refractivity contribution in [2.45, 2.75) is 12.6 Å². The quantitative estimate of drug-likeness (QED) is 0.746. The van der Waals surface area contributed by atoms with Gasteiger partial charge in [0.15, 0.2) is 12.0 Å². The number of furan rings is 1. The number of hydrogen-bond donors (Lipinski definition) is 1. The van der Waals surface area contributed by atoms with Gasteiger partial charge in [0, 0.05) is 13.1 Å². The van der Waals surface area contributed by atoms with Gasteiger partial charge in [-0.1, -0.05) is 0 Å². The van der Waals surface area contributed by atoms with Gasteiger partial charge in [0.2, 0.25) is 0 Å². The zero-order valence-electron chi connectivity index (χ0n) is 8.96. The Kier molecular flexibility index (Phi) is 3.71. The Morgan fingerprint density at radius 2 is 2.44 bits per heavy atom. The normalized spacial score (nSPS) is 22.2. The van der Waals surface area contributed by atoms with Crippen molar-refractivity contribution in [1.29, 1.82) is 0 Å². The lowest BCUT2D eigenvalue weighted by atomic mass is 10.2. The number of rotatable bonds is 4. The predicted molar refractivity (Wildman–Crippen MR) is 56.2 cm³/mol. The Labute approximate surface area is 93.6 Å². The zero-order valence-corrected chi connectivity index (χ0v) is 8.96. The summed E-state index contributed by atoms with van der Waals surface area (Å²) < 4.78 is 10.6. The van der Waals surface area contributed by atoms with E-state index in [2.05, 4.69) is 4.90 Å². The van der Waals surface area contributed by atoms with Crippen LogP contribution in [0, 0.1) is 0 Å². The fraction of sp³-hybridized carbons (Fsp3) is 0.545. The molecule has 1 saturated heterocycles. The molecule has 5 nitrogen and oxygen atoms in total. The third-order valence-corrected chi connectivity index (χ3v) is 2.60. The minimum atomic E-state index is -0.116. The molecular formula is C11H15NO4. The summed E-state index contributed by atoms with van der Waals surface area (Å²) in [7, 11) is 0. The Bertz CT molecular complexity index is 350.